The quantitative estimate of drug-likeness (QED) is 0.300. The van der Waals surface area contributed by atoms with Gasteiger partial charge in [-0.25, -0.2) is 4.79 Å². The molecule has 0 aliphatic rings. The van der Waals surface area contributed by atoms with Crippen molar-refractivity contribution in [3.05, 3.63) is 12.2 Å². The van der Waals surface area contributed by atoms with Crippen molar-refractivity contribution in [1.29, 1.82) is 0 Å². The molecule has 0 aromatic heterocycles. The Balaban J connectivity index is 3.06. The van der Waals surface area contributed by atoms with Gasteiger partial charge in [-0.3, -0.25) is 0 Å². The van der Waals surface area contributed by atoms with Crippen molar-refractivity contribution < 1.29 is 14.6 Å². The monoisotopic (exact) mass is 302 g/mol. The van der Waals surface area contributed by atoms with E-state index in [0.717, 1.165) is 25.7 Å². The molecule has 4 heteroatoms. The fraction of sp³-hybridized carbons (Fsp3) is 0.812. The van der Waals surface area contributed by atoms with Gasteiger partial charge in [0.15, 0.2) is 0 Å². The summed E-state index contributed by atoms with van der Waals surface area (Å²) in [6, 6.07) is 0. The Labute approximate surface area is 128 Å². The molecule has 0 heterocycles. The summed E-state index contributed by atoms with van der Waals surface area (Å²) in [4.78, 5) is 11.1. The second-order valence-corrected chi connectivity index (χ2v) is 6.31. The van der Waals surface area contributed by atoms with Gasteiger partial charge >= 0.3 is 5.97 Å². The number of esters is 1. The van der Waals surface area contributed by atoms with Crippen molar-refractivity contribution in [2.45, 2.75) is 58.3 Å². The molecule has 0 amide bonds. The lowest BCUT2D eigenvalue weighted by Crippen LogP contribution is -2.06. The molecule has 0 atom stereocenters. The highest BCUT2D eigenvalue weighted by atomic mass is 32.2. The number of unbranched alkanes of at least 4 members (excludes halogenated alkanes) is 6. The third kappa shape index (κ3) is 13.9. The van der Waals surface area contributed by atoms with Gasteiger partial charge in [-0.05, 0) is 44.1 Å². The van der Waals surface area contributed by atoms with E-state index in [4.69, 9.17) is 9.84 Å². The first-order valence-corrected chi connectivity index (χ1v) is 8.85. The fourth-order valence-corrected chi connectivity index (χ4v) is 2.74. The minimum atomic E-state index is -0.276. The van der Waals surface area contributed by atoms with Crippen LogP contribution in [0.3, 0.4) is 0 Å². The molecule has 0 rings (SSSR count). The lowest BCUT2D eigenvalue weighted by molar-refractivity contribution is -0.139. The second-order valence-electron chi connectivity index (χ2n) is 5.08. The molecule has 1 N–H and O–H groups in total. The van der Waals surface area contributed by atoms with Crippen LogP contribution in [0.15, 0.2) is 12.2 Å². The number of carbonyl (C=O) groups excluding carboxylic acids is 1. The molecule has 20 heavy (non-hydrogen) atoms. The highest BCUT2D eigenvalue weighted by molar-refractivity contribution is 7.99. The Morgan fingerprint density at radius 3 is 2.10 bits per heavy atom. The van der Waals surface area contributed by atoms with Crippen LogP contribution in [0.2, 0.25) is 0 Å². The fourth-order valence-electron chi connectivity index (χ4n) is 1.72. The molecule has 3 nitrogen and oxygen atoms in total. The van der Waals surface area contributed by atoms with E-state index in [2.05, 4.69) is 6.58 Å². The van der Waals surface area contributed by atoms with E-state index < -0.39 is 0 Å². The smallest absolute Gasteiger partial charge is 0.333 e. The van der Waals surface area contributed by atoms with Crippen molar-refractivity contribution in [2.75, 3.05) is 24.7 Å². The minimum absolute atomic E-state index is 0.276. The number of aliphatic hydroxyl groups excluding tert-OH is 1. The molecule has 118 valence electrons. The topological polar surface area (TPSA) is 46.5 Å². The summed E-state index contributed by atoms with van der Waals surface area (Å²) in [6.07, 6.45) is 9.13. The maximum Gasteiger partial charge on any atom is 0.333 e. The standard InChI is InChI=1S/C16H30O3S/c1-15(2)16(18)19-12-8-4-6-10-14-20-13-9-5-3-7-11-17/h17H,1,3-14H2,2H3. The van der Waals surface area contributed by atoms with E-state index in [1.54, 1.807) is 6.92 Å². The average molecular weight is 302 g/mol. The first-order chi connectivity index (χ1) is 9.68. The van der Waals surface area contributed by atoms with Gasteiger partial charge in [-0.15, -0.1) is 0 Å². The van der Waals surface area contributed by atoms with Crippen LogP contribution < -0.4 is 0 Å². The Hall–Kier alpha value is -0.480. The molecule has 0 fully saturated rings. The van der Waals surface area contributed by atoms with Crippen molar-refractivity contribution in [3.8, 4) is 0 Å². The van der Waals surface area contributed by atoms with Gasteiger partial charge in [-0.2, -0.15) is 11.8 Å². The Kier molecular flexibility index (Phi) is 14.6. The molecule has 0 saturated carbocycles. The van der Waals surface area contributed by atoms with Gasteiger partial charge < -0.3 is 9.84 Å². The number of carbonyl (C=O) groups is 1. The van der Waals surface area contributed by atoms with Crippen molar-refractivity contribution >= 4 is 17.7 Å². The van der Waals surface area contributed by atoms with Crippen LogP contribution in [0.5, 0.6) is 0 Å². The summed E-state index contributed by atoms with van der Waals surface area (Å²) in [5, 5.41) is 8.65. The summed E-state index contributed by atoms with van der Waals surface area (Å²) in [6.45, 7) is 6.06. The summed E-state index contributed by atoms with van der Waals surface area (Å²) in [5.74, 6) is 2.19. The van der Waals surface area contributed by atoms with Gasteiger partial charge in [0.1, 0.15) is 0 Å². The van der Waals surface area contributed by atoms with E-state index in [-0.39, 0.29) is 5.97 Å². The zero-order valence-corrected chi connectivity index (χ0v) is 13.7. The van der Waals surface area contributed by atoms with Gasteiger partial charge in [0.05, 0.1) is 6.61 Å². The van der Waals surface area contributed by atoms with Crippen LogP contribution in [-0.4, -0.2) is 35.8 Å². The van der Waals surface area contributed by atoms with Crippen LogP contribution in [0.25, 0.3) is 0 Å². The third-order valence-corrected chi connectivity index (χ3v) is 4.12. The van der Waals surface area contributed by atoms with Crippen LogP contribution >= 0.6 is 11.8 Å². The van der Waals surface area contributed by atoms with E-state index in [1.807, 2.05) is 11.8 Å². The summed E-state index contributed by atoms with van der Waals surface area (Å²) < 4.78 is 5.03. The van der Waals surface area contributed by atoms with Crippen molar-refractivity contribution in [2.24, 2.45) is 0 Å². The average Bonchev–Trinajstić information content (AvgIpc) is 2.43. The highest BCUT2D eigenvalue weighted by Gasteiger charge is 2.01. The summed E-state index contributed by atoms with van der Waals surface area (Å²) >= 11 is 2.02. The number of ether oxygens (including phenoxy) is 1. The molecule has 0 aliphatic heterocycles. The molecule has 0 aromatic rings. The normalized spacial score (nSPS) is 10.5. The molecular weight excluding hydrogens is 272 g/mol. The van der Waals surface area contributed by atoms with Crippen LogP contribution in [0.4, 0.5) is 0 Å². The number of hydrogen-bond donors (Lipinski definition) is 1. The molecule has 0 aliphatic carbocycles. The van der Waals surface area contributed by atoms with Crippen LogP contribution in [0, 0.1) is 0 Å². The first-order valence-electron chi connectivity index (χ1n) is 7.69. The first kappa shape index (κ1) is 19.5. The maximum atomic E-state index is 11.1. The SMILES string of the molecule is C=C(C)C(=O)OCCCCCCSCCCCCCO. The Morgan fingerprint density at radius 1 is 1.00 bits per heavy atom. The summed E-state index contributed by atoms with van der Waals surface area (Å²) in [5.41, 5.74) is 0.473. The Morgan fingerprint density at radius 2 is 1.55 bits per heavy atom. The van der Waals surface area contributed by atoms with Gasteiger partial charge in [0.2, 0.25) is 0 Å². The molecule has 0 unspecified atom stereocenters. The van der Waals surface area contributed by atoms with E-state index in [9.17, 15) is 4.79 Å². The predicted molar refractivity (Wildman–Crippen MR) is 87.1 cm³/mol. The predicted octanol–water partition coefficient (Wildman–Crippen LogP) is 3.95. The Bertz CT molecular complexity index is 254. The lowest BCUT2D eigenvalue weighted by atomic mass is 10.2. The molecule has 0 spiro atoms. The van der Waals surface area contributed by atoms with Crippen LogP contribution in [0.1, 0.15) is 58.3 Å². The third-order valence-electron chi connectivity index (χ3n) is 2.96. The largest absolute Gasteiger partial charge is 0.462 e. The van der Waals surface area contributed by atoms with Crippen molar-refractivity contribution in [3.63, 3.8) is 0 Å². The van der Waals surface area contributed by atoms with Crippen molar-refractivity contribution in [1.82, 2.24) is 0 Å². The van der Waals surface area contributed by atoms with Gasteiger partial charge in [0, 0.05) is 12.2 Å². The van der Waals surface area contributed by atoms with Crippen LogP contribution in [-0.2, 0) is 9.53 Å². The highest BCUT2D eigenvalue weighted by Crippen LogP contribution is 2.11. The number of hydrogen-bond acceptors (Lipinski definition) is 4. The number of aliphatic hydroxyl groups is 1. The van der Waals surface area contributed by atoms with Gasteiger partial charge in [0.25, 0.3) is 0 Å². The van der Waals surface area contributed by atoms with Gasteiger partial charge in [-0.1, -0.05) is 32.3 Å². The van der Waals surface area contributed by atoms with E-state index >= 15 is 0 Å². The molecule has 0 aromatic carbocycles. The molecular formula is C16H30O3S. The lowest BCUT2D eigenvalue weighted by Gasteiger charge is -2.04. The molecule has 0 saturated heterocycles. The summed E-state index contributed by atoms with van der Waals surface area (Å²) in [7, 11) is 0. The van der Waals surface area contributed by atoms with E-state index in [1.165, 1.54) is 37.2 Å². The number of thioether (sulfide) groups is 1. The molecule has 0 bridgehead atoms. The zero-order valence-electron chi connectivity index (χ0n) is 12.9. The maximum absolute atomic E-state index is 11.1. The minimum Gasteiger partial charge on any atom is -0.462 e. The van der Waals surface area contributed by atoms with E-state index in [0.29, 0.717) is 18.8 Å². The second kappa shape index (κ2) is 14.9. The zero-order chi connectivity index (χ0) is 15.1. The number of rotatable bonds is 14. The molecule has 0 radical (unpaired) electrons.